The van der Waals surface area contributed by atoms with Crippen LogP contribution in [0.4, 0.5) is 0 Å². The van der Waals surface area contributed by atoms with Crippen molar-refractivity contribution in [2.45, 2.75) is 26.8 Å². The van der Waals surface area contributed by atoms with E-state index in [1.54, 1.807) is 7.05 Å². The number of hydrogen-bond acceptors (Lipinski definition) is 3. The lowest BCUT2D eigenvalue weighted by molar-refractivity contribution is 0.534. The highest BCUT2D eigenvalue weighted by molar-refractivity contribution is 14.0. The van der Waals surface area contributed by atoms with Crippen LogP contribution in [0.5, 0.6) is 0 Å². The van der Waals surface area contributed by atoms with Crippen molar-refractivity contribution >= 4 is 40.9 Å². The van der Waals surface area contributed by atoms with Crippen molar-refractivity contribution in [2.75, 3.05) is 13.6 Å². The Morgan fingerprint density at radius 3 is 2.62 bits per heavy atom. The minimum absolute atomic E-state index is 0. The highest BCUT2D eigenvalue weighted by Gasteiger charge is 2.10. The van der Waals surface area contributed by atoms with Gasteiger partial charge in [-0.25, -0.2) is 0 Å². The maximum absolute atomic E-state index is 5.93. The smallest absolute Gasteiger partial charge is 0.191 e. The number of fused-ring (bicyclic) bond motifs is 1. The second-order valence-corrected chi connectivity index (χ2v) is 6.06. The van der Waals surface area contributed by atoms with E-state index >= 15 is 0 Å². The number of aryl methyl sites for hydroxylation is 2. The average Bonchev–Trinajstić information content (AvgIpc) is 2.96. The van der Waals surface area contributed by atoms with Crippen molar-refractivity contribution in [2.24, 2.45) is 4.99 Å². The molecule has 0 aliphatic heterocycles. The molecular weight excluding hydrogens is 439 g/mol. The van der Waals surface area contributed by atoms with Crippen molar-refractivity contribution in [1.82, 2.24) is 15.6 Å². The zero-order chi connectivity index (χ0) is 17.6. The van der Waals surface area contributed by atoms with Gasteiger partial charge < -0.3 is 15.1 Å². The Balaban J connectivity index is 0.00000243. The molecule has 0 aliphatic carbocycles. The van der Waals surface area contributed by atoms with Gasteiger partial charge in [0.15, 0.2) is 5.96 Å². The highest BCUT2D eigenvalue weighted by atomic mass is 127. The number of halogens is 1. The number of furan rings is 1. The zero-order valence-electron chi connectivity index (χ0n) is 15.4. The molecule has 0 radical (unpaired) electrons. The Labute approximate surface area is 171 Å². The van der Waals surface area contributed by atoms with Crippen molar-refractivity contribution in [3.05, 3.63) is 65.2 Å². The fourth-order valence-electron chi connectivity index (χ4n) is 2.75. The number of nitrogens with one attached hydrogen (secondary N) is 2. The lowest BCUT2D eigenvalue weighted by Gasteiger charge is -2.11. The molecule has 0 unspecified atom stereocenters. The van der Waals surface area contributed by atoms with Gasteiger partial charge in [0.2, 0.25) is 0 Å². The molecule has 2 heterocycles. The van der Waals surface area contributed by atoms with E-state index in [9.17, 15) is 0 Å². The first-order chi connectivity index (χ1) is 12.2. The van der Waals surface area contributed by atoms with Crippen LogP contribution in [-0.2, 0) is 13.0 Å². The van der Waals surface area contributed by atoms with E-state index in [1.807, 2.05) is 37.4 Å². The van der Waals surface area contributed by atoms with E-state index < -0.39 is 0 Å². The molecule has 6 heteroatoms. The van der Waals surface area contributed by atoms with Gasteiger partial charge in [0.1, 0.15) is 11.3 Å². The largest absolute Gasteiger partial charge is 0.459 e. The standard InChI is InChI=1S/C20H24N4O.HI/c1-14-8-9-16(12-23-14)10-11-22-20(21-3)24-13-19-15(2)17-6-4-5-7-18(17)25-19;/h4-9,12H,10-11,13H2,1-3H3,(H2,21,22,24);1H. The van der Waals surface area contributed by atoms with Gasteiger partial charge in [-0.3, -0.25) is 9.98 Å². The third-order valence-electron chi connectivity index (χ3n) is 4.26. The quantitative estimate of drug-likeness (QED) is 0.341. The predicted molar refractivity (Wildman–Crippen MR) is 117 cm³/mol. The van der Waals surface area contributed by atoms with E-state index in [1.165, 1.54) is 11.1 Å². The summed E-state index contributed by atoms with van der Waals surface area (Å²) < 4.78 is 5.93. The number of rotatable bonds is 5. The number of pyridine rings is 1. The Bertz CT molecular complexity index is 871. The highest BCUT2D eigenvalue weighted by Crippen LogP contribution is 2.24. The van der Waals surface area contributed by atoms with E-state index in [-0.39, 0.29) is 24.0 Å². The first-order valence-corrected chi connectivity index (χ1v) is 8.50. The van der Waals surface area contributed by atoms with Crippen LogP contribution in [-0.4, -0.2) is 24.5 Å². The number of para-hydroxylation sites is 1. The van der Waals surface area contributed by atoms with Crippen LogP contribution in [0.1, 0.15) is 22.6 Å². The first-order valence-electron chi connectivity index (χ1n) is 8.50. The summed E-state index contributed by atoms with van der Waals surface area (Å²) in [5.74, 6) is 1.70. The maximum Gasteiger partial charge on any atom is 0.191 e. The summed E-state index contributed by atoms with van der Waals surface area (Å²) in [6.07, 6.45) is 2.82. The van der Waals surface area contributed by atoms with Gasteiger partial charge >= 0.3 is 0 Å². The molecule has 2 aromatic heterocycles. The monoisotopic (exact) mass is 464 g/mol. The SMILES string of the molecule is CN=C(NCCc1ccc(C)nc1)NCc1oc2ccccc2c1C.I. The molecule has 0 amide bonds. The van der Waals surface area contributed by atoms with Crippen LogP contribution in [0.15, 0.2) is 52.0 Å². The van der Waals surface area contributed by atoms with Crippen molar-refractivity contribution < 1.29 is 4.42 Å². The number of guanidine groups is 1. The van der Waals surface area contributed by atoms with Crippen LogP contribution in [0.2, 0.25) is 0 Å². The van der Waals surface area contributed by atoms with Gasteiger partial charge in [0, 0.05) is 36.4 Å². The van der Waals surface area contributed by atoms with Gasteiger partial charge in [-0.1, -0.05) is 24.3 Å². The van der Waals surface area contributed by atoms with Gasteiger partial charge in [0.05, 0.1) is 6.54 Å². The normalized spacial score (nSPS) is 11.3. The number of benzene rings is 1. The lowest BCUT2D eigenvalue weighted by Crippen LogP contribution is -2.37. The molecule has 0 fully saturated rings. The van der Waals surface area contributed by atoms with E-state index in [2.05, 4.69) is 39.7 Å². The second kappa shape index (κ2) is 9.56. The number of aromatic nitrogens is 1. The summed E-state index contributed by atoms with van der Waals surface area (Å²) in [4.78, 5) is 8.59. The van der Waals surface area contributed by atoms with Gasteiger partial charge in [-0.05, 0) is 38.0 Å². The summed E-state index contributed by atoms with van der Waals surface area (Å²) in [6.45, 7) is 5.48. The second-order valence-electron chi connectivity index (χ2n) is 6.06. The number of aliphatic imine (C=N–C) groups is 1. The van der Waals surface area contributed by atoms with Gasteiger partial charge in [-0.15, -0.1) is 24.0 Å². The van der Waals surface area contributed by atoms with Crippen molar-refractivity contribution in [1.29, 1.82) is 0 Å². The molecular formula is C20H25IN4O. The Morgan fingerprint density at radius 2 is 1.92 bits per heavy atom. The van der Waals surface area contributed by atoms with Crippen LogP contribution in [0.25, 0.3) is 11.0 Å². The van der Waals surface area contributed by atoms with Gasteiger partial charge in [0.25, 0.3) is 0 Å². The molecule has 5 nitrogen and oxygen atoms in total. The Morgan fingerprint density at radius 1 is 1.12 bits per heavy atom. The fraction of sp³-hybridized carbons (Fsp3) is 0.300. The fourth-order valence-corrected chi connectivity index (χ4v) is 2.75. The third kappa shape index (κ3) is 4.97. The summed E-state index contributed by atoms with van der Waals surface area (Å²) in [5, 5.41) is 7.80. The molecule has 138 valence electrons. The zero-order valence-corrected chi connectivity index (χ0v) is 17.7. The molecule has 26 heavy (non-hydrogen) atoms. The molecule has 1 aromatic carbocycles. The Kier molecular flexibility index (Phi) is 7.44. The number of nitrogens with zero attached hydrogens (tertiary/aromatic N) is 2. The topological polar surface area (TPSA) is 62.5 Å². The van der Waals surface area contributed by atoms with Crippen LogP contribution < -0.4 is 10.6 Å². The summed E-state index contributed by atoms with van der Waals surface area (Å²) in [7, 11) is 1.77. The van der Waals surface area contributed by atoms with Crippen LogP contribution in [0, 0.1) is 13.8 Å². The molecule has 0 saturated heterocycles. The van der Waals surface area contributed by atoms with E-state index in [4.69, 9.17) is 4.42 Å². The van der Waals surface area contributed by atoms with E-state index in [0.717, 1.165) is 41.3 Å². The molecule has 3 aromatic rings. The summed E-state index contributed by atoms with van der Waals surface area (Å²) >= 11 is 0. The summed E-state index contributed by atoms with van der Waals surface area (Å²) in [6, 6.07) is 12.2. The Hall–Kier alpha value is -2.09. The van der Waals surface area contributed by atoms with Crippen LogP contribution in [0.3, 0.4) is 0 Å². The van der Waals surface area contributed by atoms with Crippen LogP contribution >= 0.6 is 24.0 Å². The minimum atomic E-state index is 0. The third-order valence-corrected chi connectivity index (χ3v) is 4.26. The molecule has 3 rings (SSSR count). The lowest BCUT2D eigenvalue weighted by atomic mass is 10.1. The predicted octanol–water partition coefficient (Wildman–Crippen LogP) is 3.97. The van der Waals surface area contributed by atoms with E-state index in [0.29, 0.717) is 6.54 Å². The molecule has 0 spiro atoms. The molecule has 2 N–H and O–H groups in total. The average molecular weight is 464 g/mol. The van der Waals surface area contributed by atoms with Crippen molar-refractivity contribution in [3.8, 4) is 0 Å². The molecule has 0 aliphatic rings. The first kappa shape index (κ1) is 20.2. The molecule has 0 bridgehead atoms. The maximum atomic E-state index is 5.93. The summed E-state index contributed by atoms with van der Waals surface area (Å²) in [5.41, 5.74) is 4.34. The minimum Gasteiger partial charge on any atom is -0.459 e. The molecule has 0 saturated carbocycles. The number of hydrogen-bond donors (Lipinski definition) is 2. The van der Waals surface area contributed by atoms with Crippen molar-refractivity contribution in [3.63, 3.8) is 0 Å². The molecule has 0 atom stereocenters. The van der Waals surface area contributed by atoms with Gasteiger partial charge in [-0.2, -0.15) is 0 Å².